The van der Waals surface area contributed by atoms with E-state index in [0.717, 1.165) is 5.39 Å². The number of hydrogen-bond acceptors (Lipinski definition) is 2. The fourth-order valence-corrected chi connectivity index (χ4v) is 1.50. The summed E-state index contributed by atoms with van der Waals surface area (Å²) in [5.74, 6) is 0.331. The molecule has 1 aromatic heterocycles. The summed E-state index contributed by atoms with van der Waals surface area (Å²) in [5, 5.41) is 0.733. The van der Waals surface area contributed by atoms with Crippen molar-refractivity contribution in [2.45, 2.75) is 19.0 Å². The molecule has 2 aromatic rings. The van der Waals surface area contributed by atoms with Crippen molar-refractivity contribution in [3.63, 3.8) is 0 Å². The highest BCUT2D eigenvalue weighted by Crippen LogP contribution is 2.26. The zero-order valence-electron chi connectivity index (χ0n) is 8.34. The van der Waals surface area contributed by atoms with Crippen LogP contribution in [0.25, 0.3) is 11.0 Å². The van der Waals surface area contributed by atoms with Crippen molar-refractivity contribution >= 4 is 16.7 Å². The van der Waals surface area contributed by atoms with Crippen LogP contribution in [-0.2, 0) is 6.42 Å². The second-order valence-electron chi connectivity index (χ2n) is 3.63. The fraction of sp³-hybridized carbons (Fsp3) is 0.273. The molecule has 2 nitrogen and oxygen atoms in total. The summed E-state index contributed by atoms with van der Waals surface area (Å²) in [5.41, 5.74) is 6.68. The van der Waals surface area contributed by atoms with Crippen molar-refractivity contribution in [1.82, 2.24) is 0 Å². The molecule has 1 aromatic carbocycles. The molecule has 0 saturated heterocycles. The maximum Gasteiger partial charge on any atom is 0.389 e. The molecule has 16 heavy (non-hydrogen) atoms. The van der Waals surface area contributed by atoms with E-state index in [1.165, 1.54) is 0 Å². The van der Waals surface area contributed by atoms with Crippen LogP contribution < -0.4 is 5.73 Å². The highest BCUT2D eigenvalue weighted by Gasteiger charge is 2.27. The van der Waals surface area contributed by atoms with Crippen molar-refractivity contribution in [1.29, 1.82) is 0 Å². The minimum absolute atomic E-state index is 0.141. The molecule has 0 unspecified atom stereocenters. The number of alkyl halides is 3. The van der Waals surface area contributed by atoms with Crippen molar-refractivity contribution in [2.75, 3.05) is 5.73 Å². The first-order valence-electron chi connectivity index (χ1n) is 4.79. The predicted molar refractivity (Wildman–Crippen MR) is 55.0 cm³/mol. The lowest BCUT2D eigenvalue weighted by molar-refractivity contribution is -0.134. The highest BCUT2D eigenvalue weighted by molar-refractivity contribution is 5.81. The molecule has 0 bridgehead atoms. The average molecular weight is 229 g/mol. The van der Waals surface area contributed by atoms with Gasteiger partial charge in [0.25, 0.3) is 0 Å². The van der Waals surface area contributed by atoms with Crippen LogP contribution in [0.1, 0.15) is 12.2 Å². The van der Waals surface area contributed by atoms with E-state index in [9.17, 15) is 13.2 Å². The molecule has 86 valence electrons. The van der Waals surface area contributed by atoms with Gasteiger partial charge in [0, 0.05) is 17.5 Å². The molecular formula is C11H10F3NO. The summed E-state index contributed by atoms with van der Waals surface area (Å²) >= 11 is 0. The molecule has 0 atom stereocenters. The van der Waals surface area contributed by atoms with Crippen LogP contribution >= 0.6 is 0 Å². The van der Waals surface area contributed by atoms with Crippen LogP contribution in [0.15, 0.2) is 28.7 Å². The number of nitrogens with two attached hydrogens (primary N) is 1. The summed E-state index contributed by atoms with van der Waals surface area (Å²) in [6.07, 6.45) is -5.17. The van der Waals surface area contributed by atoms with Gasteiger partial charge in [0.05, 0.1) is 6.42 Å². The first kappa shape index (κ1) is 10.9. The van der Waals surface area contributed by atoms with Crippen molar-refractivity contribution in [3.8, 4) is 0 Å². The summed E-state index contributed by atoms with van der Waals surface area (Å²) in [6, 6.07) is 6.58. The van der Waals surface area contributed by atoms with Crippen LogP contribution in [0.2, 0.25) is 0 Å². The van der Waals surface area contributed by atoms with E-state index in [2.05, 4.69) is 0 Å². The molecular weight excluding hydrogens is 219 g/mol. The van der Waals surface area contributed by atoms with E-state index in [4.69, 9.17) is 10.2 Å². The number of anilines is 1. The van der Waals surface area contributed by atoms with Crippen LogP contribution in [0.5, 0.6) is 0 Å². The lowest BCUT2D eigenvalue weighted by Gasteiger charge is -2.02. The largest absolute Gasteiger partial charge is 0.461 e. The van der Waals surface area contributed by atoms with E-state index in [0.29, 0.717) is 17.0 Å². The number of hydrogen-bond donors (Lipinski definition) is 1. The van der Waals surface area contributed by atoms with Gasteiger partial charge < -0.3 is 10.2 Å². The molecule has 0 fully saturated rings. The monoisotopic (exact) mass is 229 g/mol. The van der Waals surface area contributed by atoms with Crippen LogP contribution in [0.4, 0.5) is 18.9 Å². The number of rotatable bonds is 2. The molecule has 2 N–H and O–H groups in total. The van der Waals surface area contributed by atoms with Gasteiger partial charge in [-0.2, -0.15) is 13.2 Å². The van der Waals surface area contributed by atoms with E-state index in [1.807, 2.05) is 0 Å². The molecule has 0 aliphatic rings. The Balaban J connectivity index is 2.20. The van der Waals surface area contributed by atoms with Gasteiger partial charge in [0.1, 0.15) is 11.3 Å². The third-order valence-electron chi connectivity index (χ3n) is 2.25. The zero-order chi connectivity index (χ0) is 11.8. The van der Waals surface area contributed by atoms with Crippen molar-refractivity contribution in [2.24, 2.45) is 0 Å². The summed E-state index contributed by atoms with van der Waals surface area (Å²) in [7, 11) is 0. The minimum atomic E-state index is -4.15. The molecule has 0 amide bonds. The number of nitrogen functional groups attached to an aromatic ring is 1. The quantitative estimate of drug-likeness (QED) is 0.800. The van der Waals surface area contributed by atoms with Crippen molar-refractivity contribution in [3.05, 3.63) is 30.0 Å². The van der Waals surface area contributed by atoms with E-state index in [1.54, 1.807) is 24.3 Å². The third-order valence-corrected chi connectivity index (χ3v) is 2.25. The van der Waals surface area contributed by atoms with Gasteiger partial charge in [0.15, 0.2) is 0 Å². The van der Waals surface area contributed by atoms with Gasteiger partial charge in [-0.05, 0) is 24.3 Å². The maximum atomic E-state index is 12.0. The molecule has 0 aliphatic heterocycles. The Bertz CT molecular complexity index is 501. The molecule has 0 saturated carbocycles. The first-order chi connectivity index (χ1) is 7.44. The molecule has 5 heteroatoms. The smallest absolute Gasteiger partial charge is 0.389 e. The lowest BCUT2D eigenvalue weighted by atomic mass is 10.2. The van der Waals surface area contributed by atoms with Gasteiger partial charge in [-0.15, -0.1) is 0 Å². The normalized spacial score (nSPS) is 12.2. The van der Waals surface area contributed by atoms with Gasteiger partial charge in [-0.3, -0.25) is 0 Å². The first-order valence-corrected chi connectivity index (χ1v) is 4.79. The Morgan fingerprint density at radius 1 is 1.19 bits per heavy atom. The Morgan fingerprint density at radius 3 is 2.62 bits per heavy atom. The van der Waals surface area contributed by atoms with E-state index in [-0.39, 0.29) is 6.42 Å². The summed E-state index contributed by atoms with van der Waals surface area (Å²) in [4.78, 5) is 0. The molecule has 1 heterocycles. The Labute approximate surface area is 89.8 Å². The van der Waals surface area contributed by atoms with Gasteiger partial charge >= 0.3 is 6.18 Å². The maximum absolute atomic E-state index is 12.0. The number of furan rings is 1. The Morgan fingerprint density at radius 2 is 1.94 bits per heavy atom. The lowest BCUT2D eigenvalue weighted by Crippen LogP contribution is -2.07. The second kappa shape index (κ2) is 3.73. The molecule has 0 radical (unpaired) electrons. The van der Waals surface area contributed by atoms with Crippen LogP contribution in [-0.4, -0.2) is 6.18 Å². The topological polar surface area (TPSA) is 39.2 Å². The Hall–Kier alpha value is -1.65. The zero-order valence-corrected chi connectivity index (χ0v) is 8.34. The molecule has 0 aliphatic carbocycles. The van der Waals surface area contributed by atoms with Gasteiger partial charge in [-0.25, -0.2) is 0 Å². The number of halogens is 3. The van der Waals surface area contributed by atoms with E-state index < -0.39 is 12.6 Å². The fourth-order valence-electron chi connectivity index (χ4n) is 1.50. The predicted octanol–water partition coefficient (Wildman–Crippen LogP) is 3.51. The highest BCUT2D eigenvalue weighted by atomic mass is 19.4. The molecule has 2 rings (SSSR count). The number of aryl methyl sites for hydroxylation is 1. The SMILES string of the molecule is Nc1ccc2oc(CCC(F)(F)F)cc2c1. The van der Waals surface area contributed by atoms with Crippen LogP contribution in [0, 0.1) is 0 Å². The summed E-state index contributed by atoms with van der Waals surface area (Å²) in [6.45, 7) is 0. The minimum Gasteiger partial charge on any atom is -0.461 e. The third kappa shape index (κ3) is 2.48. The van der Waals surface area contributed by atoms with Crippen molar-refractivity contribution < 1.29 is 17.6 Å². The summed E-state index contributed by atoms with van der Waals surface area (Å²) < 4.78 is 41.3. The van der Waals surface area contributed by atoms with Crippen LogP contribution in [0.3, 0.4) is 0 Å². The molecule has 0 spiro atoms. The second-order valence-corrected chi connectivity index (χ2v) is 3.63. The number of fused-ring (bicyclic) bond motifs is 1. The average Bonchev–Trinajstić information content (AvgIpc) is 2.55. The van der Waals surface area contributed by atoms with Gasteiger partial charge in [-0.1, -0.05) is 0 Å². The van der Waals surface area contributed by atoms with Gasteiger partial charge in [0.2, 0.25) is 0 Å². The Kier molecular flexibility index (Phi) is 2.53. The standard InChI is InChI=1S/C11H10F3NO/c12-11(13,14)4-3-9-6-7-5-8(15)1-2-10(7)16-9/h1-2,5-6H,3-4,15H2. The number of benzene rings is 1. The van der Waals surface area contributed by atoms with E-state index >= 15 is 0 Å².